The number of hydrogen-bond donors (Lipinski definition) is 1. The second kappa shape index (κ2) is 4.66. The first-order valence-corrected chi connectivity index (χ1v) is 4.91. The number of nitrogens with zero attached hydrogens (tertiary/aromatic N) is 2. The molecule has 0 bridgehead atoms. The Labute approximate surface area is 101 Å². The Morgan fingerprint density at radius 3 is 2.67 bits per heavy atom. The molecule has 0 amide bonds. The number of nitrogens with two attached hydrogens (primary N) is 1. The van der Waals surface area contributed by atoms with Crippen molar-refractivity contribution in [1.82, 2.24) is 4.98 Å². The van der Waals surface area contributed by atoms with E-state index in [1.54, 1.807) is 0 Å². The Morgan fingerprint density at radius 1 is 1.28 bits per heavy atom. The van der Waals surface area contributed by atoms with Crippen LogP contribution in [0.1, 0.15) is 0 Å². The van der Waals surface area contributed by atoms with E-state index >= 15 is 0 Å². The summed E-state index contributed by atoms with van der Waals surface area (Å²) in [6, 6.07) is 7.95. The molecule has 1 heterocycles. The van der Waals surface area contributed by atoms with Crippen LogP contribution in [-0.4, -0.2) is 9.91 Å². The highest BCUT2D eigenvalue weighted by Crippen LogP contribution is 2.31. The van der Waals surface area contributed by atoms with Crippen LogP contribution in [0.15, 0.2) is 36.4 Å². The predicted molar refractivity (Wildman–Crippen MR) is 61.8 cm³/mol. The van der Waals surface area contributed by atoms with Gasteiger partial charge in [-0.1, -0.05) is 12.1 Å². The lowest BCUT2D eigenvalue weighted by Gasteiger charge is -2.06. The highest BCUT2D eigenvalue weighted by molar-refractivity contribution is 5.48. The van der Waals surface area contributed by atoms with Gasteiger partial charge in [0.15, 0.2) is 11.6 Å². The van der Waals surface area contributed by atoms with Crippen molar-refractivity contribution >= 4 is 11.5 Å². The SMILES string of the molecule is Nc1ccc([N+](=O)[O-])c(Oc2ccccc2F)n1. The lowest BCUT2D eigenvalue weighted by Crippen LogP contribution is -1.99. The van der Waals surface area contributed by atoms with Crippen molar-refractivity contribution in [2.75, 3.05) is 5.73 Å². The third kappa shape index (κ3) is 2.34. The first-order chi connectivity index (χ1) is 8.58. The number of halogens is 1. The molecule has 1 aromatic carbocycles. The van der Waals surface area contributed by atoms with E-state index in [4.69, 9.17) is 10.5 Å². The Morgan fingerprint density at radius 2 is 2.00 bits per heavy atom. The van der Waals surface area contributed by atoms with E-state index < -0.39 is 10.7 Å². The topological polar surface area (TPSA) is 91.3 Å². The average molecular weight is 249 g/mol. The number of rotatable bonds is 3. The van der Waals surface area contributed by atoms with Crippen molar-refractivity contribution in [3.05, 3.63) is 52.3 Å². The van der Waals surface area contributed by atoms with Crippen LogP contribution in [-0.2, 0) is 0 Å². The summed E-state index contributed by atoms with van der Waals surface area (Å²) >= 11 is 0. The minimum absolute atomic E-state index is 0.0481. The summed E-state index contributed by atoms with van der Waals surface area (Å²) in [7, 11) is 0. The molecule has 2 aromatic rings. The van der Waals surface area contributed by atoms with Gasteiger partial charge in [-0.3, -0.25) is 10.1 Å². The fourth-order valence-electron chi connectivity index (χ4n) is 1.29. The number of hydrogen-bond acceptors (Lipinski definition) is 5. The van der Waals surface area contributed by atoms with E-state index in [-0.39, 0.29) is 23.1 Å². The van der Waals surface area contributed by atoms with Gasteiger partial charge in [0, 0.05) is 6.07 Å². The van der Waals surface area contributed by atoms with Crippen LogP contribution in [0.3, 0.4) is 0 Å². The molecule has 18 heavy (non-hydrogen) atoms. The Balaban J connectivity index is 2.42. The maximum absolute atomic E-state index is 13.4. The van der Waals surface area contributed by atoms with Gasteiger partial charge in [-0.2, -0.15) is 4.98 Å². The predicted octanol–water partition coefficient (Wildman–Crippen LogP) is 2.50. The lowest BCUT2D eigenvalue weighted by atomic mass is 10.3. The molecule has 6 nitrogen and oxygen atoms in total. The molecule has 0 saturated carbocycles. The van der Waals surface area contributed by atoms with E-state index in [2.05, 4.69) is 4.98 Å². The van der Waals surface area contributed by atoms with E-state index in [0.29, 0.717) is 0 Å². The van der Waals surface area contributed by atoms with Gasteiger partial charge in [-0.05, 0) is 18.2 Å². The van der Waals surface area contributed by atoms with E-state index in [1.165, 1.54) is 30.3 Å². The molecule has 0 atom stereocenters. The van der Waals surface area contributed by atoms with Crippen LogP contribution in [0.5, 0.6) is 11.6 Å². The fraction of sp³-hybridized carbons (Fsp3) is 0. The Kier molecular flexibility index (Phi) is 3.05. The zero-order chi connectivity index (χ0) is 13.1. The number of pyridine rings is 1. The first-order valence-electron chi connectivity index (χ1n) is 4.91. The third-order valence-corrected chi connectivity index (χ3v) is 2.10. The van der Waals surface area contributed by atoms with E-state index in [9.17, 15) is 14.5 Å². The van der Waals surface area contributed by atoms with Crippen LogP contribution in [0, 0.1) is 15.9 Å². The zero-order valence-electron chi connectivity index (χ0n) is 9.04. The molecule has 1 aromatic heterocycles. The van der Waals surface area contributed by atoms with Crippen LogP contribution >= 0.6 is 0 Å². The molecule has 0 radical (unpaired) electrons. The van der Waals surface area contributed by atoms with Gasteiger partial charge in [0.2, 0.25) is 0 Å². The number of nitrogen functional groups attached to an aromatic ring is 1. The maximum atomic E-state index is 13.4. The number of anilines is 1. The Hall–Kier alpha value is -2.70. The van der Waals surface area contributed by atoms with E-state index in [1.807, 2.05) is 0 Å². The van der Waals surface area contributed by atoms with Crippen LogP contribution < -0.4 is 10.5 Å². The largest absolute Gasteiger partial charge is 0.430 e. The van der Waals surface area contributed by atoms with Crippen molar-refractivity contribution in [2.45, 2.75) is 0 Å². The second-order valence-corrected chi connectivity index (χ2v) is 3.35. The quantitative estimate of drug-likeness (QED) is 0.666. The number of aromatic nitrogens is 1. The smallest absolute Gasteiger partial charge is 0.331 e. The number of nitro groups is 1. The molecular formula is C11H8FN3O3. The number of benzene rings is 1. The highest BCUT2D eigenvalue weighted by atomic mass is 19.1. The minimum Gasteiger partial charge on any atom is -0.430 e. The summed E-state index contributed by atoms with van der Waals surface area (Å²) in [5, 5.41) is 10.8. The molecule has 2 N–H and O–H groups in total. The molecule has 0 unspecified atom stereocenters. The van der Waals surface area contributed by atoms with Crippen molar-refractivity contribution < 1.29 is 14.1 Å². The standard InChI is InChI=1S/C11H8FN3O3/c12-7-3-1-2-4-9(7)18-11-8(15(16)17)5-6-10(13)14-11/h1-6H,(H2,13,14). The molecule has 0 saturated heterocycles. The molecule has 92 valence electrons. The van der Waals surface area contributed by atoms with Crippen molar-refractivity contribution in [1.29, 1.82) is 0 Å². The molecule has 0 spiro atoms. The van der Waals surface area contributed by atoms with Gasteiger partial charge in [0.05, 0.1) is 4.92 Å². The van der Waals surface area contributed by atoms with Gasteiger partial charge < -0.3 is 10.5 Å². The van der Waals surface area contributed by atoms with Crippen molar-refractivity contribution in [3.8, 4) is 11.6 Å². The number of para-hydroxylation sites is 1. The molecule has 0 aliphatic heterocycles. The molecular weight excluding hydrogens is 241 g/mol. The molecule has 0 fully saturated rings. The molecule has 0 aliphatic rings. The van der Waals surface area contributed by atoms with Gasteiger partial charge >= 0.3 is 11.6 Å². The van der Waals surface area contributed by atoms with Gasteiger partial charge in [-0.25, -0.2) is 4.39 Å². The number of ether oxygens (including phenoxy) is 1. The normalized spacial score (nSPS) is 10.1. The third-order valence-electron chi connectivity index (χ3n) is 2.10. The lowest BCUT2D eigenvalue weighted by molar-refractivity contribution is -0.386. The van der Waals surface area contributed by atoms with Crippen LogP contribution in [0.2, 0.25) is 0 Å². The molecule has 0 aliphatic carbocycles. The zero-order valence-corrected chi connectivity index (χ0v) is 9.04. The molecule has 2 rings (SSSR count). The van der Waals surface area contributed by atoms with Crippen LogP contribution in [0.4, 0.5) is 15.9 Å². The average Bonchev–Trinajstić information content (AvgIpc) is 2.32. The maximum Gasteiger partial charge on any atom is 0.331 e. The van der Waals surface area contributed by atoms with E-state index in [0.717, 1.165) is 6.07 Å². The monoisotopic (exact) mass is 249 g/mol. The summed E-state index contributed by atoms with van der Waals surface area (Å²) in [4.78, 5) is 13.8. The molecule has 7 heteroatoms. The van der Waals surface area contributed by atoms with Crippen molar-refractivity contribution in [2.24, 2.45) is 0 Å². The van der Waals surface area contributed by atoms with Gasteiger partial charge in [0.1, 0.15) is 5.82 Å². The summed E-state index contributed by atoms with van der Waals surface area (Å²) < 4.78 is 18.4. The summed E-state index contributed by atoms with van der Waals surface area (Å²) in [5.41, 5.74) is 5.03. The Bertz CT molecular complexity index is 604. The van der Waals surface area contributed by atoms with Crippen molar-refractivity contribution in [3.63, 3.8) is 0 Å². The second-order valence-electron chi connectivity index (χ2n) is 3.35. The van der Waals surface area contributed by atoms with Gasteiger partial charge in [-0.15, -0.1) is 0 Å². The summed E-state index contributed by atoms with van der Waals surface area (Å²) in [5.74, 6) is -1.09. The van der Waals surface area contributed by atoms with Gasteiger partial charge in [0.25, 0.3) is 0 Å². The summed E-state index contributed by atoms with van der Waals surface area (Å²) in [6.45, 7) is 0. The van der Waals surface area contributed by atoms with Crippen LogP contribution in [0.25, 0.3) is 0 Å². The first kappa shape index (κ1) is 11.8. The fourth-order valence-corrected chi connectivity index (χ4v) is 1.29. The minimum atomic E-state index is -0.678. The highest BCUT2D eigenvalue weighted by Gasteiger charge is 2.18. The summed E-state index contributed by atoms with van der Waals surface area (Å²) in [6.07, 6.45) is 0.